The maximum atomic E-state index is 8.67. The van der Waals surface area contributed by atoms with Gasteiger partial charge in [0.15, 0.2) is 5.84 Å². The molecule has 5 nitrogen and oxygen atoms in total. The number of nitrogens with zero attached hydrogens (tertiary/aromatic N) is 1. The molecule has 0 bridgehead atoms. The minimum Gasteiger partial charge on any atom is -0.497 e. The van der Waals surface area contributed by atoms with Crippen molar-refractivity contribution in [2.75, 3.05) is 12.4 Å². The highest BCUT2D eigenvalue weighted by Gasteiger charge is 2.13. The Bertz CT molecular complexity index is 410. The van der Waals surface area contributed by atoms with E-state index in [1.54, 1.807) is 7.11 Å². The number of oxime groups is 1. The molecule has 0 saturated heterocycles. The van der Waals surface area contributed by atoms with E-state index in [1.165, 1.54) is 0 Å². The van der Waals surface area contributed by atoms with Gasteiger partial charge in [0.25, 0.3) is 0 Å². The van der Waals surface area contributed by atoms with Gasteiger partial charge in [-0.1, -0.05) is 12.1 Å². The van der Waals surface area contributed by atoms with Crippen LogP contribution >= 0.6 is 15.9 Å². The van der Waals surface area contributed by atoms with E-state index in [9.17, 15) is 0 Å². The standard InChI is InChI=1S/C11H16BrN3O2/c1-3-9(11(13)15-16)14-10-6-7(17-2)4-5-8(10)12/h4-6,9,14,16H,3H2,1-2H3,(H2,13,15). The molecule has 4 N–H and O–H groups in total. The second-order valence-corrected chi connectivity index (χ2v) is 4.33. The fourth-order valence-corrected chi connectivity index (χ4v) is 1.75. The highest BCUT2D eigenvalue weighted by Crippen LogP contribution is 2.27. The second kappa shape index (κ2) is 6.34. The molecule has 1 aromatic carbocycles. The number of benzene rings is 1. The molecule has 0 heterocycles. The van der Waals surface area contributed by atoms with Crippen LogP contribution in [0.5, 0.6) is 5.75 Å². The first-order valence-electron chi connectivity index (χ1n) is 5.19. The van der Waals surface area contributed by atoms with Gasteiger partial charge in [0.05, 0.1) is 18.8 Å². The fraction of sp³-hybridized carbons (Fsp3) is 0.364. The van der Waals surface area contributed by atoms with E-state index in [2.05, 4.69) is 26.4 Å². The van der Waals surface area contributed by atoms with E-state index < -0.39 is 0 Å². The third kappa shape index (κ3) is 3.52. The van der Waals surface area contributed by atoms with Crippen molar-refractivity contribution in [1.82, 2.24) is 0 Å². The van der Waals surface area contributed by atoms with E-state index in [0.29, 0.717) is 6.42 Å². The SMILES string of the molecule is CCC(Nc1cc(OC)ccc1Br)C(N)=NO. The molecular formula is C11H16BrN3O2. The van der Waals surface area contributed by atoms with Crippen LogP contribution in [0.15, 0.2) is 27.8 Å². The zero-order chi connectivity index (χ0) is 12.8. The van der Waals surface area contributed by atoms with Crippen molar-refractivity contribution in [3.05, 3.63) is 22.7 Å². The first-order valence-corrected chi connectivity index (χ1v) is 5.99. The Morgan fingerprint density at radius 2 is 2.35 bits per heavy atom. The van der Waals surface area contributed by atoms with Crippen LogP contribution in [-0.4, -0.2) is 24.2 Å². The van der Waals surface area contributed by atoms with Gasteiger partial charge in [0, 0.05) is 10.5 Å². The number of ether oxygens (including phenoxy) is 1. The van der Waals surface area contributed by atoms with Gasteiger partial charge in [-0.3, -0.25) is 0 Å². The van der Waals surface area contributed by atoms with Crippen LogP contribution in [-0.2, 0) is 0 Å². The zero-order valence-corrected chi connectivity index (χ0v) is 11.4. The Hall–Kier alpha value is -1.43. The third-order valence-corrected chi connectivity index (χ3v) is 3.08. The number of hydrogen-bond acceptors (Lipinski definition) is 4. The average molecular weight is 302 g/mol. The topological polar surface area (TPSA) is 79.9 Å². The highest BCUT2D eigenvalue weighted by atomic mass is 79.9. The molecular weight excluding hydrogens is 286 g/mol. The molecule has 0 aromatic heterocycles. The van der Waals surface area contributed by atoms with Gasteiger partial charge in [-0.05, 0) is 34.5 Å². The summed E-state index contributed by atoms with van der Waals surface area (Å²) in [5.41, 5.74) is 6.42. The second-order valence-electron chi connectivity index (χ2n) is 3.48. The van der Waals surface area contributed by atoms with Crippen LogP contribution in [0, 0.1) is 0 Å². The Morgan fingerprint density at radius 3 is 2.88 bits per heavy atom. The molecule has 0 radical (unpaired) electrons. The van der Waals surface area contributed by atoms with Crippen molar-refractivity contribution in [2.24, 2.45) is 10.9 Å². The Kier molecular flexibility index (Phi) is 5.09. The summed E-state index contributed by atoms with van der Waals surface area (Å²) in [5, 5.41) is 14.9. The lowest BCUT2D eigenvalue weighted by atomic mass is 10.2. The average Bonchev–Trinajstić information content (AvgIpc) is 2.36. The van der Waals surface area contributed by atoms with Crippen LogP contribution < -0.4 is 15.8 Å². The lowest BCUT2D eigenvalue weighted by Gasteiger charge is -2.18. The monoisotopic (exact) mass is 301 g/mol. The number of amidine groups is 1. The van der Waals surface area contributed by atoms with Gasteiger partial charge in [0.1, 0.15) is 5.75 Å². The van der Waals surface area contributed by atoms with Gasteiger partial charge in [0.2, 0.25) is 0 Å². The molecule has 1 aromatic rings. The summed E-state index contributed by atoms with van der Waals surface area (Å²) >= 11 is 3.43. The number of methoxy groups -OCH3 is 1. The van der Waals surface area contributed by atoms with E-state index in [0.717, 1.165) is 15.9 Å². The molecule has 17 heavy (non-hydrogen) atoms. The van der Waals surface area contributed by atoms with Crippen LogP contribution in [0.3, 0.4) is 0 Å². The number of halogens is 1. The molecule has 0 aliphatic rings. The summed E-state index contributed by atoms with van der Waals surface area (Å²) in [6, 6.07) is 5.35. The molecule has 0 aliphatic carbocycles. The van der Waals surface area contributed by atoms with Crippen LogP contribution in [0.2, 0.25) is 0 Å². The molecule has 94 valence electrons. The largest absolute Gasteiger partial charge is 0.497 e. The molecule has 0 fully saturated rings. The lowest BCUT2D eigenvalue weighted by molar-refractivity contribution is 0.316. The van der Waals surface area contributed by atoms with E-state index in [-0.39, 0.29) is 11.9 Å². The smallest absolute Gasteiger partial charge is 0.161 e. The number of hydrogen-bond donors (Lipinski definition) is 3. The molecule has 1 rings (SSSR count). The van der Waals surface area contributed by atoms with Gasteiger partial charge in [-0.25, -0.2) is 0 Å². The Morgan fingerprint density at radius 1 is 1.65 bits per heavy atom. The molecule has 1 unspecified atom stereocenters. The molecule has 0 aliphatic heterocycles. The van der Waals surface area contributed by atoms with Gasteiger partial charge >= 0.3 is 0 Å². The number of nitrogens with two attached hydrogens (primary N) is 1. The Balaban J connectivity index is 2.92. The molecule has 0 spiro atoms. The maximum Gasteiger partial charge on any atom is 0.161 e. The van der Waals surface area contributed by atoms with Gasteiger partial charge in [-0.2, -0.15) is 0 Å². The predicted molar refractivity (Wildman–Crippen MR) is 71.8 cm³/mol. The lowest BCUT2D eigenvalue weighted by Crippen LogP contribution is -2.35. The van der Waals surface area contributed by atoms with Crippen LogP contribution in [0.4, 0.5) is 5.69 Å². The molecule has 1 atom stereocenters. The number of rotatable bonds is 5. The van der Waals surface area contributed by atoms with Crippen molar-refractivity contribution < 1.29 is 9.94 Å². The quantitative estimate of drug-likeness (QED) is 0.338. The molecule has 6 heteroatoms. The summed E-state index contributed by atoms with van der Waals surface area (Å²) < 4.78 is 6.03. The third-order valence-electron chi connectivity index (χ3n) is 2.38. The van der Waals surface area contributed by atoms with E-state index in [4.69, 9.17) is 15.7 Å². The summed E-state index contributed by atoms with van der Waals surface area (Å²) in [6.45, 7) is 1.95. The summed E-state index contributed by atoms with van der Waals surface area (Å²) in [7, 11) is 1.61. The van der Waals surface area contributed by atoms with Crippen molar-refractivity contribution in [1.29, 1.82) is 0 Å². The highest BCUT2D eigenvalue weighted by molar-refractivity contribution is 9.10. The van der Waals surface area contributed by atoms with Crippen molar-refractivity contribution in [3.63, 3.8) is 0 Å². The van der Waals surface area contributed by atoms with Crippen LogP contribution in [0.1, 0.15) is 13.3 Å². The van der Waals surface area contributed by atoms with Crippen LogP contribution in [0.25, 0.3) is 0 Å². The van der Waals surface area contributed by atoms with E-state index in [1.807, 2.05) is 25.1 Å². The van der Waals surface area contributed by atoms with Crippen molar-refractivity contribution >= 4 is 27.5 Å². The van der Waals surface area contributed by atoms with E-state index >= 15 is 0 Å². The Labute approximate surface area is 109 Å². The van der Waals surface area contributed by atoms with Gasteiger partial charge < -0.3 is 21.0 Å². The number of nitrogens with one attached hydrogen (secondary N) is 1. The van der Waals surface area contributed by atoms with Crippen molar-refractivity contribution in [2.45, 2.75) is 19.4 Å². The normalized spacial score (nSPS) is 13.2. The fourth-order valence-electron chi connectivity index (χ4n) is 1.38. The summed E-state index contributed by atoms with van der Waals surface area (Å²) in [5.74, 6) is 0.896. The molecule has 0 saturated carbocycles. The minimum absolute atomic E-state index is 0.155. The van der Waals surface area contributed by atoms with Crippen molar-refractivity contribution in [3.8, 4) is 5.75 Å². The predicted octanol–water partition coefficient (Wildman–Crippen LogP) is 2.39. The maximum absolute atomic E-state index is 8.67. The summed E-state index contributed by atoms with van der Waals surface area (Å²) in [6.07, 6.45) is 0.708. The molecule has 0 amide bonds. The summed E-state index contributed by atoms with van der Waals surface area (Å²) in [4.78, 5) is 0. The first-order chi connectivity index (χ1) is 8.12. The minimum atomic E-state index is -0.219. The zero-order valence-electron chi connectivity index (χ0n) is 9.77. The first kappa shape index (κ1) is 13.6. The number of anilines is 1. The van der Waals surface area contributed by atoms with Gasteiger partial charge in [-0.15, -0.1) is 0 Å².